The SMILES string of the molecule is O=C(CCc1ccccc1)NCCNC(=O)c1ccccc1C(F)(F)F. The van der Waals surface area contributed by atoms with Crippen LogP contribution in [0, 0.1) is 0 Å². The van der Waals surface area contributed by atoms with E-state index in [1.54, 1.807) is 0 Å². The number of carbonyl (C=O) groups excluding carboxylic acids is 2. The van der Waals surface area contributed by atoms with Crippen LogP contribution in [0.4, 0.5) is 13.2 Å². The summed E-state index contributed by atoms with van der Waals surface area (Å²) in [6.07, 6.45) is -3.70. The third-order valence-corrected chi connectivity index (χ3v) is 3.69. The van der Waals surface area contributed by atoms with Crippen molar-refractivity contribution in [2.24, 2.45) is 0 Å². The summed E-state index contributed by atoms with van der Waals surface area (Å²) in [5, 5.41) is 5.02. The van der Waals surface area contributed by atoms with Crippen molar-refractivity contribution in [3.8, 4) is 0 Å². The minimum atomic E-state index is -4.60. The number of nitrogens with one attached hydrogen (secondary N) is 2. The van der Waals surface area contributed by atoms with Gasteiger partial charge in [-0.1, -0.05) is 42.5 Å². The zero-order chi connectivity index (χ0) is 19.0. The van der Waals surface area contributed by atoms with E-state index in [-0.39, 0.29) is 19.0 Å². The highest BCUT2D eigenvalue weighted by molar-refractivity contribution is 5.95. The van der Waals surface area contributed by atoms with E-state index in [2.05, 4.69) is 10.6 Å². The highest BCUT2D eigenvalue weighted by Crippen LogP contribution is 2.31. The van der Waals surface area contributed by atoms with Gasteiger partial charge in [-0.05, 0) is 24.1 Å². The zero-order valence-corrected chi connectivity index (χ0v) is 14.0. The van der Waals surface area contributed by atoms with Gasteiger partial charge >= 0.3 is 6.18 Å². The predicted octanol–water partition coefficient (Wildman–Crippen LogP) is 3.18. The van der Waals surface area contributed by atoms with Crippen LogP contribution >= 0.6 is 0 Å². The number of rotatable bonds is 7. The molecule has 2 amide bonds. The molecule has 0 radical (unpaired) electrons. The van der Waals surface area contributed by atoms with E-state index in [0.29, 0.717) is 12.8 Å². The molecule has 138 valence electrons. The molecule has 0 fully saturated rings. The lowest BCUT2D eigenvalue weighted by Crippen LogP contribution is -2.35. The van der Waals surface area contributed by atoms with Crippen LogP contribution in [0.1, 0.15) is 27.9 Å². The van der Waals surface area contributed by atoms with E-state index >= 15 is 0 Å². The molecule has 0 aliphatic rings. The fraction of sp³-hybridized carbons (Fsp3) is 0.263. The van der Waals surface area contributed by atoms with E-state index in [0.717, 1.165) is 17.7 Å². The Morgan fingerprint density at radius 3 is 2.15 bits per heavy atom. The second kappa shape index (κ2) is 9.03. The summed E-state index contributed by atoms with van der Waals surface area (Å²) in [6.45, 7) is 0.190. The molecule has 0 saturated heterocycles. The summed E-state index contributed by atoms with van der Waals surface area (Å²) in [5.74, 6) is -1.00. The summed E-state index contributed by atoms with van der Waals surface area (Å²) < 4.78 is 38.7. The summed E-state index contributed by atoms with van der Waals surface area (Å²) in [5.41, 5.74) is -0.375. The first-order valence-electron chi connectivity index (χ1n) is 8.13. The molecule has 0 spiro atoms. The van der Waals surface area contributed by atoms with Crippen molar-refractivity contribution in [1.29, 1.82) is 0 Å². The first-order chi connectivity index (χ1) is 12.4. The highest BCUT2D eigenvalue weighted by Gasteiger charge is 2.34. The van der Waals surface area contributed by atoms with Gasteiger partial charge in [0.1, 0.15) is 0 Å². The van der Waals surface area contributed by atoms with Crippen LogP contribution in [-0.2, 0) is 17.4 Å². The molecule has 0 saturated carbocycles. The Hall–Kier alpha value is -2.83. The normalized spacial score (nSPS) is 11.0. The number of hydrogen-bond acceptors (Lipinski definition) is 2. The van der Waals surface area contributed by atoms with Gasteiger partial charge in [-0.3, -0.25) is 9.59 Å². The van der Waals surface area contributed by atoms with Crippen molar-refractivity contribution < 1.29 is 22.8 Å². The third kappa shape index (κ3) is 5.91. The fourth-order valence-electron chi connectivity index (χ4n) is 2.39. The fourth-order valence-corrected chi connectivity index (χ4v) is 2.39. The Morgan fingerprint density at radius 1 is 0.846 bits per heavy atom. The van der Waals surface area contributed by atoms with E-state index < -0.39 is 23.2 Å². The first-order valence-corrected chi connectivity index (χ1v) is 8.13. The van der Waals surface area contributed by atoms with Crippen LogP contribution in [0.2, 0.25) is 0 Å². The van der Waals surface area contributed by atoms with Gasteiger partial charge in [0.05, 0.1) is 11.1 Å². The molecule has 0 atom stereocenters. The van der Waals surface area contributed by atoms with E-state index in [1.165, 1.54) is 12.1 Å². The van der Waals surface area contributed by atoms with Crippen molar-refractivity contribution in [3.63, 3.8) is 0 Å². The monoisotopic (exact) mass is 364 g/mol. The number of amides is 2. The molecule has 0 aliphatic heterocycles. The summed E-state index contributed by atoms with van der Waals surface area (Å²) in [6, 6.07) is 14.1. The second-order valence-corrected chi connectivity index (χ2v) is 5.63. The molecule has 2 N–H and O–H groups in total. The molecular formula is C19H19F3N2O2. The third-order valence-electron chi connectivity index (χ3n) is 3.69. The lowest BCUT2D eigenvalue weighted by molar-refractivity contribution is -0.138. The number of halogens is 3. The lowest BCUT2D eigenvalue weighted by atomic mass is 10.1. The Kier molecular flexibility index (Phi) is 6.77. The quantitative estimate of drug-likeness (QED) is 0.742. The number of carbonyl (C=O) groups is 2. The van der Waals surface area contributed by atoms with Gasteiger partial charge in [0.2, 0.25) is 5.91 Å². The number of benzene rings is 2. The van der Waals surface area contributed by atoms with Crippen LogP contribution in [0.15, 0.2) is 54.6 Å². The number of alkyl halides is 3. The zero-order valence-electron chi connectivity index (χ0n) is 14.0. The van der Waals surface area contributed by atoms with Crippen LogP contribution in [0.5, 0.6) is 0 Å². The van der Waals surface area contributed by atoms with Gasteiger partial charge in [0.25, 0.3) is 5.91 Å². The number of hydrogen-bond donors (Lipinski definition) is 2. The van der Waals surface area contributed by atoms with Gasteiger partial charge in [0.15, 0.2) is 0 Å². The summed E-state index contributed by atoms with van der Waals surface area (Å²) in [7, 11) is 0. The van der Waals surface area contributed by atoms with E-state index in [9.17, 15) is 22.8 Å². The minimum absolute atomic E-state index is 0.0438. The largest absolute Gasteiger partial charge is 0.417 e. The first kappa shape index (κ1) is 19.5. The Bertz CT molecular complexity index is 746. The topological polar surface area (TPSA) is 58.2 Å². The predicted molar refractivity (Wildman–Crippen MR) is 91.5 cm³/mol. The van der Waals surface area contributed by atoms with E-state index in [4.69, 9.17) is 0 Å². The van der Waals surface area contributed by atoms with E-state index in [1.807, 2.05) is 30.3 Å². The molecule has 26 heavy (non-hydrogen) atoms. The molecule has 2 rings (SSSR count). The van der Waals surface area contributed by atoms with Gasteiger partial charge in [-0.2, -0.15) is 13.2 Å². The van der Waals surface area contributed by atoms with Crippen molar-refractivity contribution in [2.45, 2.75) is 19.0 Å². The molecule has 0 heterocycles. The van der Waals surface area contributed by atoms with Crippen molar-refractivity contribution in [2.75, 3.05) is 13.1 Å². The highest BCUT2D eigenvalue weighted by atomic mass is 19.4. The van der Waals surface area contributed by atoms with Gasteiger partial charge < -0.3 is 10.6 Å². The van der Waals surface area contributed by atoms with Crippen LogP contribution < -0.4 is 10.6 Å². The number of aryl methyl sites for hydroxylation is 1. The Morgan fingerprint density at radius 2 is 1.46 bits per heavy atom. The molecule has 2 aromatic carbocycles. The minimum Gasteiger partial charge on any atom is -0.354 e. The Balaban J connectivity index is 1.74. The van der Waals surface area contributed by atoms with Crippen LogP contribution in [0.25, 0.3) is 0 Å². The maximum Gasteiger partial charge on any atom is 0.417 e. The van der Waals surface area contributed by atoms with Crippen molar-refractivity contribution in [3.05, 3.63) is 71.3 Å². The summed E-state index contributed by atoms with van der Waals surface area (Å²) in [4.78, 5) is 23.7. The average molecular weight is 364 g/mol. The van der Waals surface area contributed by atoms with Gasteiger partial charge in [-0.15, -0.1) is 0 Å². The molecule has 0 unspecified atom stereocenters. The standard InChI is InChI=1S/C19H19F3N2O2/c20-19(21,22)16-9-5-4-8-15(16)18(26)24-13-12-23-17(25)11-10-14-6-2-1-3-7-14/h1-9H,10-13H2,(H,23,25)(H,24,26). The summed E-state index contributed by atoms with van der Waals surface area (Å²) >= 11 is 0. The van der Waals surface area contributed by atoms with Gasteiger partial charge in [0, 0.05) is 19.5 Å². The Labute approximate surface area is 149 Å². The maximum atomic E-state index is 12.9. The molecule has 2 aromatic rings. The lowest BCUT2D eigenvalue weighted by Gasteiger charge is -2.12. The maximum absolute atomic E-state index is 12.9. The molecule has 7 heteroatoms. The smallest absolute Gasteiger partial charge is 0.354 e. The molecule has 0 aliphatic carbocycles. The second-order valence-electron chi connectivity index (χ2n) is 5.63. The van der Waals surface area contributed by atoms with Crippen molar-refractivity contribution >= 4 is 11.8 Å². The molecule has 0 bridgehead atoms. The molecule has 0 aromatic heterocycles. The molecule has 4 nitrogen and oxygen atoms in total. The van der Waals surface area contributed by atoms with Gasteiger partial charge in [-0.25, -0.2) is 0 Å². The van der Waals surface area contributed by atoms with Crippen molar-refractivity contribution in [1.82, 2.24) is 10.6 Å². The average Bonchev–Trinajstić information content (AvgIpc) is 2.63. The van der Waals surface area contributed by atoms with Crippen LogP contribution in [-0.4, -0.2) is 24.9 Å². The van der Waals surface area contributed by atoms with Crippen LogP contribution in [0.3, 0.4) is 0 Å². The molecular weight excluding hydrogens is 345 g/mol.